The van der Waals surface area contributed by atoms with Crippen molar-refractivity contribution in [2.75, 3.05) is 17.2 Å². The van der Waals surface area contributed by atoms with Crippen molar-refractivity contribution in [1.82, 2.24) is 14.8 Å². The summed E-state index contributed by atoms with van der Waals surface area (Å²) in [4.78, 5) is 11.6. The lowest BCUT2D eigenvalue weighted by Gasteiger charge is -2.28. The number of thioether (sulfide) groups is 1. The van der Waals surface area contributed by atoms with E-state index in [2.05, 4.69) is 10.2 Å². The Bertz CT molecular complexity index is 476. The van der Waals surface area contributed by atoms with Gasteiger partial charge in [-0.3, -0.25) is 9.36 Å². The second kappa shape index (κ2) is 6.33. The molecule has 20 heavy (non-hydrogen) atoms. The number of anilines is 1. The Morgan fingerprint density at radius 2 is 2.05 bits per heavy atom. The zero-order valence-corrected chi connectivity index (χ0v) is 12.0. The number of aromatic nitrogens is 3. The molecule has 114 valence electrons. The van der Waals surface area contributed by atoms with Crippen molar-refractivity contribution in [2.45, 2.75) is 31.2 Å². The smallest absolute Gasteiger partial charge is 0.406 e. The molecule has 0 spiro atoms. The maximum atomic E-state index is 12.6. The summed E-state index contributed by atoms with van der Waals surface area (Å²) in [6, 6.07) is -0.420. The Balaban J connectivity index is 2.95. The van der Waals surface area contributed by atoms with Gasteiger partial charge in [0.25, 0.3) is 0 Å². The summed E-state index contributed by atoms with van der Waals surface area (Å²) in [6.45, 7) is 2.09. The number of alkyl halides is 3. The van der Waals surface area contributed by atoms with E-state index in [-0.39, 0.29) is 16.9 Å². The number of nitrogens with zero attached hydrogens (tertiary/aromatic N) is 4. The quantitative estimate of drug-likeness (QED) is 0.807. The van der Waals surface area contributed by atoms with Crippen LogP contribution in [0.15, 0.2) is 5.16 Å². The second-order valence-corrected chi connectivity index (χ2v) is 5.30. The molecule has 1 N–H and O–H groups in total. The van der Waals surface area contributed by atoms with Crippen molar-refractivity contribution in [2.24, 2.45) is 7.05 Å². The minimum atomic E-state index is -4.36. The maximum Gasteiger partial charge on any atom is 0.406 e. The summed E-state index contributed by atoms with van der Waals surface area (Å²) in [5.41, 5.74) is 0. The van der Waals surface area contributed by atoms with Gasteiger partial charge in [-0.05, 0) is 13.8 Å². The van der Waals surface area contributed by atoms with Crippen LogP contribution in [0.3, 0.4) is 0 Å². The molecule has 1 heterocycles. The van der Waals surface area contributed by atoms with Crippen LogP contribution >= 0.6 is 11.8 Å². The highest BCUT2D eigenvalue weighted by atomic mass is 32.2. The van der Waals surface area contributed by atoms with Crippen molar-refractivity contribution in [1.29, 1.82) is 0 Å². The van der Waals surface area contributed by atoms with Gasteiger partial charge >= 0.3 is 12.1 Å². The normalized spacial score (nSPS) is 11.9. The first-order chi connectivity index (χ1) is 9.11. The topological polar surface area (TPSA) is 71.2 Å². The van der Waals surface area contributed by atoms with Gasteiger partial charge in [0.15, 0.2) is 5.16 Å². The molecule has 0 saturated carbocycles. The van der Waals surface area contributed by atoms with Gasteiger partial charge in [-0.25, -0.2) is 0 Å². The van der Waals surface area contributed by atoms with E-state index >= 15 is 0 Å². The molecule has 6 nitrogen and oxygen atoms in total. The standard InChI is InChI=1S/C10H15F3N4O2S/c1-6(2)17(5-10(11,12)13)8-14-15-9(16(8)3)20-4-7(18)19/h6H,4-5H2,1-3H3,(H,18,19). The van der Waals surface area contributed by atoms with E-state index in [4.69, 9.17) is 5.11 Å². The number of hydrogen-bond donors (Lipinski definition) is 1. The Morgan fingerprint density at radius 3 is 2.50 bits per heavy atom. The molecule has 1 aromatic heterocycles. The number of carboxylic acid groups (broad SMARTS) is 1. The molecular weight excluding hydrogens is 297 g/mol. The molecule has 0 fully saturated rings. The van der Waals surface area contributed by atoms with Crippen LogP contribution in [0, 0.1) is 0 Å². The predicted octanol–water partition coefficient (Wildman–Crippen LogP) is 1.77. The van der Waals surface area contributed by atoms with Crippen LogP contribution in [0.25, 0.3) is 0 Å². The van der Waals surface area contributed by atoms with E-state index in [1.165, 1.54) is 11.6 Å². The van der Waals surface area contributed by atoms with Crippen LogP contribution in [0.5, 0.6) is 0 Å². The van der Waals surface area contributed by atoms with Crippen LogP contribution in [-0.2, 0) is 11.8 Å². The molecular formula is C10H15F3N4O2S. The number of carbonyl (C=O) groups is 1. The highest BCUT2D eigenvalue weighted by molar-refractivity contribution is 7.99. The summed E-state index contributed by atoms with van der Waals surface area (Å²) < 4.78 is 39.0. The summed E-state index contributed by atoms with van der Waals surface area (Å²) in [5, 5.41) is 16.3. The Morgan fingerprint density at radius 1 is 1.45 bits per heavy atom. The van der Waals surface area contributed by atoms with Gasteiger partial charge in [0.05, 0.1) is 5.75 Å². The SMILES string of the molecule is CC(C)N(CC(F)(F)F)c1nnc(SCC(=O)O)n1C. The zero-order valence-electron chi connectivity index (χ0n) is 11.2. The zero-order chi connectivity index (χ0) is 15.5. The Kier molecular flexibility index (Phi) is 5.26. The van der Waals surface area contributed by atoms with Crippen LogP contribution in [0.1, 0.15) is 13.8 Å². The molecule has 0 aliphatic carbocycles. The molecule has 0 radical (unpaired) electrons. The summed E-state index contributed by atoms with van der Waals surface area (Å²) in [7, 11) is 1.51. The van der Waals surface area contributed by atoms with Crippen LogP contribution in [-0.4, -0.2) is 50.4 Å². The molecule has 0 saturated heterocycles. The van der Waals surface area contributed by atoms with E-state index in [0.717, 1.165) is 16.7 Å². The summed E-state index contributed by atoms with van der Waals surface area (Å²) >= 11 is 0.905. The minimum absolute atomic E-state index is 0.0604. The first kappa shape index (κ1) is 16.6. The monoisotopic (exact) mass is 312 g/mol. The highest BCUT2D eigenvalue weighted by Gasteiger charge is 2.34. The molecule has 0 aliphatic rings. The minimum Gasteiger partial charge on any atom is -0.481 e. The summed E-state index contributed by atoms with van der Waals surface area (Å²) in [6.07, 6.45) is -4.36. The lowest BCUT2D eigenvalue weighted by molar-refractivity contribution is -0.134. The number of halogens is 3. The van der Waals surface area contributed by atoms with Crippen molar-refractivity contribution in [3.8, 4) is 0 Å². The van der Waals surface area contributed by atoms with E-state index in [9.17, 15) is 18.0 Å². The third-order valence-corrected chi connectivity index (χ3v) is 3.37. The lowest BCUT2D eigenvalue weighted by atomic mass is 10.3. The number of hydrogen-bond acceptors (Lipinski definition) is 5. The molecule has 0 aromatic carbocycles. The Hall–Kier alpha value is -1.45. The Labute approximate surface area is 118 Å². The summed E-state index contributed by atoms with van der Waals surface area (Å²) in [5.74, 6) is -1.20. The van der Waals surface area contributed by atoms with Gasteiger partial charge in [0, 0.05) is 13.1 Å². The van der Waals surface area contributed by atoms with E-state index in [0.29, 0.717) is 0 Å². The molecule has 0 unspecified atom stereocenters. The first-order valence-electron chi connectivity index (χ1n) is 5.69. The predicted molar refractivity (Wildman–Crippen MR) is 67.9 cm³/mol. The van der Waals surface area contributed by atoms with Crippen molar-refractivity contribution in [3.05, 3.63) is 0 Å². The second-order valence-electron chi connectivity index (χ2n) is 4.36. The molecule has 1 aromatic rings. The molecule has 1 rings (SSSR count). The molecule has 0 atom stereocenters. The molecule has 10 heteroatoms. The molecule has 0 aliphatic heterocycles. The van der Waals surface area contributed by atoms with E-state index in [1.807, 2.05) is 0 Å². The fraction of sp³-hybridized carbons (Fsp3) is 0.700. The fourth-order valence-electron chi connectivity index (χ4n) is 1.49. The van der Waals surface area contributed by atoms with Crippen LogP contribution in [0.4, 0.5) is 19.1 Å². The van der Waals surface area contributed by atoms with Gasteiger partial charge in [0.2, 0.25) is 5.95 Å². The third kappa shape index (κ3) is 4.58. The van der Waals surface area contributed by atoms with E-state index < -0.39 is 24.7 Å². The van der Waals surface area contributed by atoms with Gasteiger partial charge in [0.1, 0.15) is 6.54 Å². The number of carboxylic acids is 1. The molecule has 0 amide bonds. The average Bonchev–Trinajstić information content (AvgIpc) is 2.63. The first-order valence-corrected chi connectivity index (χ1v) is 6.67. The van der Waals surface area contributed by atoms with Crippen molar-refractivity contribution < 1.29 is 23.1 Å². The molecule has 0 bridgehead atoms. The third-order valence-electron chi connectivity index (χ3n) is 2.37. The van der Waals surface area contributed by atoms with Gasteiger partial charge in [-0.15, -0.1) is 10.2 Å². The van der Waals surface area contributed by atoms with Crippen LogP contribution < -0.4 is 4.90 Å². The van der Waals surface area contributed by atoms with Crippen LogP contribution in [0.2, 0.25) is 0 Å². The van der Waals surface area contributed by atoms with Gasteiger partial charge < -0.3 is 10.0 Å². The van der Waals surface area contributed by atoms with Crippen molar-refractivity contribution in [3.63, 3.8) is 0 Å². The largest absolute Gasteiger partial charge is 0.481 e. The highest BCUT2D eigenvalue weighted by Crippen LogP contribution is 2.25. The number of aliphatic carboxylic acids is 1. The van der Waals surface area contributed by atoms with Gasteiger partial charge in [-0.2, -0.15) is 13.2 Å². The fourth-order valence-corrected chi connectivity index (χ4v) is 2.11. The average molecular weight is 312 g/mol. The van der Waals surface area contributed by atoms with E-state index in [1.54, 1.807) is 13.8 Å². The maximum absolute atomic E-state index is 12.6. The van der Waals surface area contributed by atoms with Gasteiger partial charge in [-0.1, -0.05) is 11.8 Å². The van der Waals surface area contributed by atoms with Crippen molar-refractivity contribution >= 4 is 23.7 Å². The lowest BCUT2D eigenvalue weighted by Crippen LogP contribution is -2.40. The number of rotatable bonds is 6.